The summed E-state index contributed by atoms with van der Waals surface area (Å²) < 4.78 is 4.50. The summed E-state index contributed by atoms with van der Waals surface area (Å²) in [4.78, 5) is 0. The molecule has 18 heavy (non-hydrogen) atoms. The van der Waals surface area contributed by atoms with Gasteiger partial charge in [-0.15, -0.1) is 0 Å². The van der Waals surface area contributed by atoms with Crippen molar-refractivity contribution in [2.24, 2.45) is 0 Å². The van der Waals surface area contributed by atoms with E-state index in [1.807, 2.05) is 0 Å². The second-order valence-corrected chi connectivity index (χ2v) is 4.65. The average molecular weight is 246 g/mol. The second kappa shape index (κ2) is 7.10. The van der Waals surface area contributed by atoms with Gasteiger partial charge in [0.1, 0.15) is 13.3 Å². The highest BCUT2D eigenvalue weighted by Crippen LogP contribution is 2.10. The van der Waals surface area contributed by atoms with Gasteiger partial charge in [0.15, 0.2) is 0 Å². The van der Waals surface area contributed by atoms with E-state index >= 15 is 0 Å². The Balaban J connectivity index is 3.22. The number of hydrogen-bond acceptors (Lipinski definition) is 0. The van der Waals surface area contributed by atoms with Gasteiger partial charge in [-0.25, -0.2) is 4.58 Å². The molecular weight excluding hydrogens is 220 g/mol. The van der Waals surface area contributed by atoms with Gasteiger partial charge in [-0.2, -0.15) is 4.58 Å². The molecule has 0 saturated carbocycles. The summed E-state index contributed by atoms with van der Waals surface area (Å²) in [5, 5.41) is 0. The Labute approximate surface area is 111 Å². The van der Waals surface area contributed by atoms with Crippen LogP contribution in [0.1, 0.15) is 34.1 Å². The maximum absolute atomic E-state index is 4.14. The van der Waals surface area contributed by atoms with E-state index in [4.69, 9.17) is 0 Å². The number of allylic oxidation sites excluding steroid dienone is 5. The largest absolute Gasteiger partial charge is 0.276 e. The molecule has 0 unspecified atom stereocenters. The lowest BCUT2D eigenvalue weighted by atomic mass is 10.1. The molecule has 98 valence electrons. The van der Waals surface area contributed by atoms with Crippen LogP contribution in [0.25, 0.3) is 0 Å². The Morgan fingerprint density at radius 2 is 2.06 bits per heavy atom. The molecule has 0 spiro atoms. The fraction of sp³-hybridized carbons (Fsp3) is 0.500. The van der Waals surface area contributed by atoms with Crippen LogP contribution in [0.5, 0.6) is 0 Å². The third-order valence-corrected chi connectivity index (χ3v) is 3.37. The summed E-state index contributed by atoms with van der Waals surface area (Å²) in [5.74, 6) is 0. The number of likely N-dealkylation sites (N-methyl/N-ethyl adjacent to an activating group) is 1. The fourth-order valence-electron chi connectivity index (χ4n) is 2.01. The zero-order valence-electron chi connectivity index (χ0n) is 12.2. The van der Waals surface area contributed by atoms with Gasteiger partial charge >= 0.3 is 0 Å². The van der Waals surface area contributed by atoms with Crippen LogP contribution in [0.15, 0.2) is 35.6 Å². The summed E-state index contributed by atoms with van der Waals surface area (Å²) in [7, 11) is 0. The quantitative estimate of drug-likeness (QED) is 0.673. The van der Waals surface area contributed by atoms with Crippen molar-refractivity contribution in [3.8, 4) is 0 Å². The summed E-state index contributed by atoms with van der Waals surface area (Å²) in [6.45, 7) is 15.8. The van der Waals surface area contributed by atoms with Crippen molar-refractivity contribution in [3.63, 3.8) is 0 Å². The van der Waals surface area contributed by atoms with E-state index < -0.39 is 0 Å². The first kappa shape index (κ1) is 14.6. The third-order valence-electron chi connectivity index (χ3n) is 3.37. The molecule has 0 aliphatic carbocycles. The van der Waals surface area contributed by atoms with E-state index in [0.29, 0.717) is 0 Å². The minimum absolute atomic E-state index is 0.986. The Hall–Kier alpha value is -1.44. The Morgan fingerprint density at radius 3 is 2.61 bits per heavy atom. The molecule has 0 atom stereocenters. The van der Waals surface area contributed by atoms with E-state index in [-0.39, 0.29) is 0 Å². The van der Waals surface area contributed by atoms with E-state index in [2.05, 4.69) is 67.9 Å². The Kier molecular flexibility index (Phi) is 5.76. The number of nitrogens with zero attached hydrogens (tertiary/aromatic N) is 2. The first-order chi connectivity index (χ1) is 8.63. The standard InChI is InChI=1S/C16H26N2/c1-6-9-16-15(11-10-14(4)7-2)17(5)12-13-18(16)8-3/h6,9-11H,5,7-8,12-13H2,1-4H3/q+2. The molecule has 0 aromatic heterocycles. The van der Waals surface area contributed by atoms with Crippen LogP contribution in [-0.4, -0.2) is 41.2 Å². The van der Waals surface area contributed by atoms with Crippen LogP contribution in [0.3, 0.4) is 0 Å². The van der Waals surface area contributed by atoms with Crippen molar-refractivity contribution in [2.45, 2.75) is 34.1 Å². The SMILES string of the molecule is C=[N+]1CC[N+](CC)=C(C=CC)C1=CC=C(C)CC. The van der Waals surface area contributed by atoms with Gasteiger partial charge in [0.2, 0.25) is 13.1 Å². The first-order valence-corrected chi connectivity index (χ1v) is 6.84. The average Bonchev–Trinajstić information content (AvgIpc) is 2.38. The molecule has 2 nitrogen and oxygen atoms in total. The Morgan fingerprint density at radius 1 is 1.33 bits per heavy atom. The summed E-state index contributed by atoms with van der Waals surface area (Å²) >= 11 is 0. The summed E-state index contributed by atoms with van der Waals surface area (Å²) in [6.07, 6.45) is 9.78. The van der Waals surface area contributed by atoms with Crippen molar-refractivity contribution in [3.05, 3.63) is 35.6 Å². The van der Waals surface area contributed by atoms with Crippen LogP contribution in [-0.2, 0) is 0 Å². The predicted molar refractivity (Wildman–Crippen MR) is 79.9 cm³/mol. The smallest absolute Gasteiger partial charge is 0.218 e. The van der Waals surface area contributed by atoms with Crippen LogP contribution >= 0.6 is 0 Å². The summed E-state index contributed by atoms with van der Waals surface area (Å²) in [6, 6.07) is 0. The molecule has 0 saturated heterocycles. The van der Waals surface area contributed by atoms with Gasteiger partial charge in [-0.3, -0.25) is 0 Å². The third kappa shape index (κ3) is 3.52. The molecule has 0 N–H and O–H groups in total. The molecular formula is C16H26N2+2. The van der Waals surface area contributed by atoms with Crippen molar-refractivity contribution < 1.29 is 9.15 Å². The molecule has 0 aromatic rings. The molecule has 1 aliphatic heterocycles. The molecule has 2 heteroatoms. The van der Waals surface area contributed by atoms with Crippen LogP contribution in [0, 0.1) is 0 Å². The van der Waals surface area contributed by atoms with Crippen LogP contribution in [0.2, 0.25) is 0 Å². The van der Waals surface area contributed by atoms with E-state index in [0.717, 1.165) is 26.1 Å². The second-order valence-electron chi connectivity index (χ2n) is 4.65. The highest BCUT2D eigenvalue weighted by molar-refractivity contribution is 6.03. The highest BCUT2D eigenvalue weighted by atomic mass is 15.1. The van der Waals surface area contributed by atoms with E-state index in [9.17, 15) is 0 Å². The zero-order chi connectivity index (χ0) is 13.5. The molecule has 1 heterocycles. The maximum atomic E-state index is 4.14. The molecule has 1 aliphatic rings. The lowest BCUT2D eigenvalue weighted by Gasteiger charge is -2.12. The van der Waals surface area contributed by atoms with Crippen molar-refractivity contribution in [1.29, 1.82) is 0 Å². The molecule has 1 rings (SSSR count). The lowest BCUT2D eigenvalue weighted by Crippen LogP contribution is -2.37. The molecule has 0 amide bonds. The van der Waals surface area contributed by atoms with E-state index in [1.165, 1.54) is 17.0 Å². The first-order valence-electron chi connectivity index (χ1n) is 6.84. The predicted octanol–water partition coefficient (Wildman–Crippen LogP) is 3.00. The minimum Gasteiger partial charge on any atom is -0.218 e. The number of rotatable bonds is 4. The van der Waals surface area contributed by atoms with Gasteiger partial charge in [0.05, 0.1) is 0 Å². The van der Waals surface area contributed by atoms with Gasteiger partial charge in [-0.1, -0.05) is 24.6 Å². The Bertz CT molecular complexity index is 434. The van der Waals surface area contributed by atoms with Crippen molar-refractivity contribution in [1.82, 2.24) is 0 Å². The van der Waals surface area contributed by atoms with Crippen molar-refractivity contribution >= 4 is 12.4 Å². The van der Waals surface area contributed by atoms with Crippen LogP contribution in [0.4, 0.5) is 0 Å². The molecule has 0 bridgehead atoms. The highest BCUT2D eigenvalue weighted by Gasteiger charge is 2.30. The summed E-state index contributed by atoms with van der Waals surface area (Å²) in [5.41, 5.74) is 3.89. The maximum Gasteiger partial charge on any atom is 0.276 e. The monoisotopic (exact) mass is 246 g/mol. The molecule has 0 fully saturated rings. The number of hydrogen-bond donors (Lipinski definition) is 0. The minimum atomic E-state index is 0.986. The normalized spacial score (nSPS) is 20.3. The van der Waals surface area contributed by atoms with Gasteiger partial charge in [-0.05, 0) is 27.2 Å². The van der Waals surface area contributed by atoms with Crippen LogP contribution < -0.4 is 0 Å². The fourth-order valence-corrected chi connectivity index (χ4v) is 2.01. The van der Waals surface area contributed by atoms with Crippen molar-refractivity contribution in [2.75, 3.05) is 19.6 Å². The lowest BCUT2D eigenvalue weighted by molar-refractivity contribution is -0.595. The zero-order valence-corrected chi connectivity index (χ0v) is 12.2. The molecule has 0 aromatic carbocycles. The van der Waals surface area contributed by atoms with Gasteiger partial charge < -0.3 is 0 Å². The molecule has 0 radical (unpaired) electrons. The van der Waals surface area contributed by atoms with E-state index in [1.54, 1.807) is 0 Å². The topological polar surface area (TPSA) is 6.02 Å². The van der Waals surface area contributed by atoms with Gasteiger partial charge in [0.25, 0.3) is 11.4 Å². The van der Waals surface area contributed by atoms with Gasteiger partial charge in [0, 0.05) is 12.2 Å².